The number of unbranched alkanes of at least 4 members (excludes halogenated alkanes) is 10. The fraction of sp³-hybridized carbons (Fsp3) is 0.960. The molecule has 0 aromatic carbocycles. The first-order chi connectivity index (χ1) is 12.7. The van der Waals surface area contributed by atoms with Crippen molar-refractivity contribution in [3.63, 3.8) is 0 Å². The summed E-state index contributed by atoms with van der Waals surface area (Å²) >= 11 is 0. The van der Waals surface area contributed by atoms with Crippen molar-refractivity contribution in [2.45, 2.75) is 143 Å². The van der Waals surface area contributed by atoms with E-state index in [4.69, 9.17) is 0 Å². The lowest BCUT2D eigenvalue weighted by molar-refractivity contribution is -0.128. The molecule has 0 rings (SSSR count). The van der Waals surface area contributed by atoms with Gasteiger partial charge in [-0.2, -0.15) is 0 Å². The smallest absolute Gasteiger partial charge is 0.139 e. The van der Waals surface area contributed by atoms with Gasteiger partial charge in [0.2, 0.25) is 0 Å². The van der Waals surface area contributed by atoms with Crippen molar-refractivity contribution in [3.05, 3.63) is 0 Å². The van der Waals surface area contributed by atoms with Crippen molar-refractivity contribution < 1.29 is 4.79 Å². The van der Waals surface area contributed by atoms with Crippen LogP contribution >= 0.6 is 0 Å². The Labute approximate surface area is 166 Å². The predicted octanol–water partition coefficient (Wildman–Crippen LogP) is 8.89. The quantitative estimate of drug-likeness (QED) is 0.197. The average Bonchev–Trinajstić information content (AvgIpc) is 2.65. The summed E-state index contributed by atoms with van der Waals surface area (Å²) in [5.74, 6) is 1.36. The number of rotatable bonds is 20. The molecule has 0 aromatic rings. The molecule has 156 valence electrons. The Hall–Kier alpha value is -0.330. The van der Waals surface area contributed by atoms with E-state index < -0.39 is 0 Å². The molecule has 0 fully saturated rings. The third kappa shape index (κ3) is 13.8. The van der Waals surface area contributed by atoms with Gasteiger partial charge in [-0.25, -0.2) is 0 Å². The molecule has 0 bridgehead atoms. The zero-order chi connectivity index (χ0) is 19.5. The van der Waals surface area contributed by atoms with E-state index in [-0.39, 0.29) is 0 Å². The Kier molecular flexibility index (Phi) is 19.2. The minimum Gasteiger partial charge on any atom is -0.299 e. The van der Waals surface area contributed by atoms with Gasteiger partial charge >= 0.3 is 0 Å². The lowest BCUT2D eigenvalue weighted by Crippen LogP contribution is -2.24. The average molecular weight is 367 g/mol. The van der Waals surface area contributed by atoms with Gasteiger partial charge in [-0.3, -0.25) is 4.79 Å². The molecule has 0 aliphatic heterocycles. The summed E-state index contributed by atoms with van der Waals surface area (Å²) in [5.41, 5.74) is 0. The summed E-state index contributed by atoms with van der Waals surface area (Å²) in [5, 5.41) is 0. The lowest BCUT2D eigenvalue weighted by atomic mass is 9.80. The van der Waals surface area contributed by atoms with E-state index in [2.05, 4.69) is 27.7 Å². The van der Waals surface area contributed by atoms with Crippen LogP contribution in [0.2, 0.25) is 0 Å². The maximum absolute atomic E-state index is 13.4. The normalized spacial score (nSPS) is 13.7. The molecule has 26 heavy (non-hydrogen) atoms. The van der Waals surface area contributed by atoms with Crippen molar-refractivity contribution in [2.75, 3.05) is 0 Å². The Morgan fingerprint density at radius 2 is 0.731 bits per heavy atom. The molecule has 2 unspecified atom stereocenters. The predicted molar refractivity (Wildman–Crippen MR) is 118 cm³/mol. The van der Waals surface area contributed by atoms with E-state index in [1.54, 1.807) is 0 Å². The van der Waals surface area contributed by atoms with Crippen molar-refractivity contribution in [3.8, 4) is 0 Å². The largest absolute Gasteiger partial charge is 0.299 e. The van der Waals surface area contributed by atoms with Crippen LogP contribution in [-0.2, 0) is 4.79 Å². The second-order valence-corrected chi connectivity index (χ2v) is 8.49. The molecule has 0 saturated heterocycles. The van der Waals surface area contributed by atoms with Gasteiger partial charge in [-0.15, -0.1) is 0 Å². The van der Waals surface area contributed by atoms with Gasteiger partial charge in [0.05, 0.1) is 0 Å². The molecule has 0 aromatic heterocycles. The van der Waals surface area contributed by atoms with Crippen molar-refractivity contribution in [1.29, 1.82) is 0 Å². The van der Waals surface area contributed by atoms with Crippen LogP contribution in [0.15, 0.2) is 0 Å². The highest BCUT2D eigenvalue weighted by Crippen LogP contribution is 2.28. The monoisotopic (exact) mass is 366 g/mol. The number of ketones is 1. The van der Waals surface area contributed by atoms with Crippen molar-refractivity contribution in [2.24, 2.45) is 11.8 Å². The van der Waals surface area contributed by atoms with Crippen LogP contribution in [0, 0.1) is 11.8 Å². The fourth-order valence-electron chi connectivity index (χ4n) is 4.11. The van der Waals surface area contributed by atoms with Gasteiger partial charge in [-0.05, 0) is 25.7 Å². The van der Waals surface area contributed by atoms with Crippen LogP contribution in [0.25, 0.3) is 0 Å². The summed E-state index contributed by atoms with van der Waals surface area (Å²) in [6.07, 6.45) is 22.6. The minimum atomic E-state index is 0.358. The Morgan fingerprint density at radius 3 is 1.04 bits per heavy atom. The number of carbonyl (C=O) groups is 1. The zero-order valence-corrected chi connectivity index (χ0v) is 18.8. The summed E-state index contributed by atoms with van der Waals surface area (Å²) in [4.78, 5) is 13.4. The Morgan fingerprint density at radius 1 is 0.462 bits per heavy atom. The number of Topliss-reactive ketones (excluding diaryl/α,β-unsaturated/α-hetero) is 1. The molecule has 1 heteroatoms. The molecule has 0 radical (unpaired) electrons. The molecular formula is C25H50O. The minimum absolute atomic E-state index is 0.358. The Balaban J connectivity index is 4.67. The van der Waals surface area contributed by atoms with Gasteiger partial charge in [0.15, 0.2) is 0 Å². The van der Waals surface area contributed by atoms with Crippen LogP contribution in [-0.4, -0.2) is 5.78 Å². The SMILES string of the molecule is CCCCCCC(CCCCC)C(=O)C(CCCCC)CCCCCC. The van der Waals surface area contributed by atoms with Crippen LogP contribution in [0.1, 0.15) is 143 Å². The van der Waals surface area contributed by atoms with Crippen molar-refractivity contribution >= 4 is 5.78 Å². The molecule has 0 heterocycles. The molecule has 0 aliphatic carbocycles. The summed E-state index contributed by atoms with van der Waals surface area (Å²) in [7, 11) is 0. The second kappa shape index (κ2) is 19.4. The van der Waals surface area contributed by atoms with E-state index in [0.717, 1.165) is 25.7 Å². The van der Waals surface area contributed by atoms with Gasteiger partial charge in [-0.1, -0.05) is 118 Å². The molecule has 1 nitrogen and oxygen atoms in total. The highest BCUT2D eigenvalue weighted by molar-refractivity contribution is 5.83. The van der Waals surface area contributed by atoms with E-state index >= 15 is 0 Å². The summed E-state index contributed by atoms with van der Waals surface area (Å²) < 4.78 is 0. The van der Waals surface area contributed by atoms with E-state index in [9.17, 15) is 4.79 Å². The van der Waals surface area contributed by atoms with Crippen molar-refractivity contribution in [1.82, 2.24) is 0 Å². The molecule has 2 atom stereocenters. The van der Waals surface area contributed by atoms with Gasteiger partial charge in [0, 0.05) is 11.8 Å². The van der Waals surface area contributed by atoms with Crippen LogP contribution in [0.4, 0.5) is 0 Å². The first kappa shape index (κ1) is 25.7. The topological polar surface area (TPSA) is 17.1 Å². The molecule has 0 saturated carbocycles. The number of hydrogen-bond acceptors (Lipinski definition) is 1. The maximum Gasteiger partial charge on any atom is 0.139 e. The first-order valence-electron chi connectivity index (χ1n) is 12.2. The first-order valence-corrected chi connectivity index (χ1v) is 12.2. The lowest BCUT2D eigenvalue weighted by Gasteiger charge is -2.23. The molecular weight excluding hydrogens is 316 g/mol. The maximum atomic E-state index is 13.4. The third-order valence-electron chi connectivity index (χ3n) is 5.93. The highest BCUT2D eigenvalue weighted by atomic mass is 16.1. The van der Waals surface area contributed by atoms with E-state index in [1.807, 2.05) is 0 Å². The fourth-order valence-corrected chi connectivity index (χ4v) is 4.11. The van der Waals surface area contributed by atoms with Crippen LogP contribution in [0.3, 0.4) is 0 Å². The summed E-state index contributed by atoms with van der Waals surface area (Å²) in [6.45, 7) is 9.06. The zero-order valence-electron chi connectivity index (χ0n) is 18.8. The van der Waals surface area contributed by atoms with Gasteiger partial charge < -0.3 is 0 Å². The number of carbonyl (C=O) groups excluding carboxylic acids is 1. The van der Waals surface area contributed by atoms with E-state index in [1.165, 1.54) is 89.9 Å². The van der Waals surface area contributed by atoms with Gasteiger partial charge in [0.1, 0.15) is 5.78 Å². The Bertz CT molecular complexity index is 269. The molecule has 0 aliphatic rings. The summed E-state index contributed by atoms with van der Waals surface area (Å²) in [6, 6.07) is 0. The standard InChI is InChI=1S/C25H50O/c1-5-9-13-17-21-23(19-15-11-7-3)25(26)24(20-16-12-8-4)22-18-14-10-6-2/h23-24H,5-22H2,1-4H3. The van der Waals surface area contributed by atoms with Crippen LogP contribution < -0.4 is 0 Å². The van der Waals surface area contributed by atoms with Crippen LogP contribution in [0.5, 0.6) is 0 Å². The van der Waals surface area contributed by atoms with Gasteiger partial charge in [0.25, 0.3) is 0 Å². The second-order valence-electron chi connectivity index (χ2n) is 8.49. The molecule has 0 amide bonds. The molecule has 0 spiro atoms. The third-order valence-corrected chi connectivity index (χ3v) is 5.93. The molecule has 0 N–H and O–H groups in total. The van der Waals surface area contributed by atoms with E-state index in [0.29, 0.717) is 17.6 Å². The highest BCUT2D eigenvalue weighted by Gasteiger charge is 2.25. The number of hydrogen-bond donors (Lipinski definition) is 0.